The summed E-state index contributed by atoms with van der Waals surface area (Å²) in [6.07, 6.45) is 7.48. The van der Waals surface area contributed by atoms with Gasteiger partial charge in [0.2, 0.25) is 0 Å². The molecule has 0 saturated carbocycles. The van der Waals surface area contributed by atoms with E-state index in [1.165, 1.54) is 25.0 Å². The first-order valence-electron chi connectivity index (χ1n) is 3.98. The van der Waals surface area contributed by atoms with Gasteiger partial charge >= 0.3 is 0 Å². The molecule has 0 amide bonds. The molecule has 0 saturated heterocycles. The Bertz CT molecular complexity index is 104. The van der Waals surface area contributed by atoms with Gasteiger partial charge in [0.05, 0.1) is 0 Å². The summed E-state index contributed by atoms with van der Waals surface area (Å²) in [5, 5.41) is 0.0230. The van der Waals surface area contributed by atoms with Gasteiger partial charge in [-0.05, 0) is 24.9 Å². The van der Waals surface area contributed by atoms with E-state index in [9.17, 15) is 4.79 Å². The van der Waals surface area contributed by atoms with Crippen molar-refractivity contribution in [2.75, 3.05) is 12.0 Å². The Kier molecular flexibility index (Phi) is 8.75. The first-order chi connectivity index (χ1) is 5.27. The fourth-order valence-corrected chi connectivity index (χ4v) is 1.53. The molecule has 0 aromatic heterocycles. The van der Waals surface area contributed by atoms with Gasteiger partial charge in [-0.3, -0.25) is 4.79 Å². The number of hydrogen-bond acceptors (Lipinski definition) is 2. The third-order valence-corrected chi connectivity index (χ3v) is 2.41. The van der Waals surface area contributed by atoms with Crippen LogP contribution in [-0.4, -0.2) is 17.1 Å². The highest BCUT2D eigenvalue weighted by Gasteiger charge is 1.93. The average molecular weight is 192 g/mol. The molecule has 0 aromatic carbocycles. The Balaban J connectivity index is 2.85. The molecule has 11 heavy (non-hydrogen) atoms. The summed E-state index contributed by atoms with van der Waals surface area (Å²) in [5.41, 5.74) is 0. The number of rotatable bonds is 7. The van der Waals surface area contributed by atoms with Crippen molar-refractivity contribution in [2.24, 2.45) is 0 Å². The van der Waals surface area contributed by atoms with E-state index < -0.39 is 0 Å². The second-order valence-corrected chi connectivity index (χ2v) is 4.04. The van der Waals surface area contributed by atoms with Gasteiger partial charge in [-0.25, -0.2) is 0 Å². The van der Waals surface area contributed by atoms with Crippen molar-refractivity contribution < 1.29 is 4.79 Å². The van der Waals surface area contributed by atoms with E-state index in [1.54, 1.807) is 0 Å². The zero-order valence-corrected chi connectivity index (χ0v) is 8.72. The number of carbonyl (C=O) groups is 1. The molecule has 0 spiro atoms. The molecule has 0 unspecified atom stereocenters. The van der Waals surface area contributed by atoms with Crippen molar-refractivity contribution in [3.05, 3.63) is 0 Å². The van der Waals surface area contributed by atoms with Crippen LogP contribution in [0.5, 0.6) is 0 Å². The molecule has 1 nitrogen and oxygen atoms in total. The monoisotopic (exact) mass is 192 g/mol. The molecule has 0 fully saturated rings. The highest BCUT2D eigenvalue weighted by Crippen LogP contribution is 2.07. The van der Waals surface area contributed by atoms with Crippen LogP contribution >= 0.6 is 24.4 Å². The topological polar surface area (TPSA) is 17.1 Å². The van der Waals surface area contributed by atoms with E-state index >= 15 is 0 Å². The van der Waals surface area contributed by atoms with Crippen molar-refractivity contribution >= 4 is 29.5 Å². The summed E-state index contributed by atoms with van der Waals surface area (Å²) < 4.78 is 0. The van der Waals surface area contributed by atoms with E-state index in [0.29, 0.717) is 6.42 Å². The highest BCUT2D eigenvalue weighted by atomic mass is 32.2. The summed E-state index contributed by atoms with van der Waals surface area (Å²) in [6, 6.07) is 0. The van der Waals surface area contributed by atoms with E-state index in [0.717, 1.165) is 6.42 Å². The molecular formula is C8H16OS2. The summed E-state index contributed by atoms with van der Waals surface area (Å²) in [5.74, 6) is 1.24. The zero-order chi connectivity index (χ0) is 8.53. The fraction of sp³-hybridized carbons (Fsp3) is 0.875. The lowest BCUT2D eigenvalue weighted by molar-refractivity contribution is -0.110. The summed E-state index contributed by atoms with van der Waals surface area (Å²) in [4.78, 5) is 10.4. The average Bonchev–Trinajstić information content (AvgIpc) is 1.96. The van der Waals surface area contributed by atoms with Gasteiger partial charge in [-0.1, -0.05) is 12.8 Å². The van der Waals surface area contributed by atoms with Gasteiger partial charge in [-0.2, -0.15) is 11.8 Å². The van der Waals surface area contributed by atoms with Gasteiger partial charge in [-0.15, -0.1) is 12.6 Å². The van der Waals surface area contributed by atoms with Crippen LogP contribution in [0.25, 0.3) is 0 Å². The van der Waals surface area contributed by atoms with Crippen molar-refractivity contribution in [1.82, 2.24) is 0 Å². The predicted molar refractivity (Wildman–Crippen MR) is 55.5 cm³/mol. The third kappa shape index (κ3) is 10.4. The molecule has 3 heteroatoms. The van der Waals surface area contributed by atoms with E-state index in [2.05, 4.69) is 18.9 Å². The Morgan fingerprint density at radius 2 is 1.91 bits per heavy atom. The van der Waals surface area contributed by atoms with Crippen LogP contribution in [-0.2, 0) is 4.79 Å². The molecule has 66 valence electrons. The number of thioether (sulfide) groups is 1. The van der Waals surface area contributed by atoms with Crippen LogP contribution in [0.1, 0.15) is 32.1 Å². The molecule has 0 aliphatic carbocycles. The van der Waals surface area contributed by atoms with Crippen molar-refractivity contribution in [2.45, 2.75) is 32.1 Å². The summed E-state index contributed by atoms with van der Waals surface area (Å²) in [7, 11) is 0. The maximum absolute atomic E-state index is 10.4. The molecule has 0 rings (SSSR count). The molecule has 0 radical (unpaired) electrons. The van der Waals surface area contributed by atoms with Crippen LogP contribution in [0, 0.1) is 0 Å². The SMILES string of the molecule is CSCCCCCCC(=O)S. The minimum Gasteiger partial charge on any atom is -0.288 e. The maximum Gasteiger partial charge on any atom is 0.185 e. The Hall–Kier alpha value is 0.370. The predicted octanol–water partition coefficient (Wildman–Crippen LogP) is 2.76. The van der Waals surface area contributed by atoms with Gasteiger partial charge in [0.15, 0.2) is 5.12 Å². The molecule has 0 aliphatic rings. The summed E-state index contributed by atoms with van der Waals surface area (Å²) >= 11 is 5.58. The first kappa shape index (κ1) is 11.4. The van der Waals surface area contributed by atoms with E-state index in [4.69, 9.17) is 0 Å². The Labute approximate surface area is 78.7 Å². The third-order valence-electron chi connectivity index (χ3n) is 1.49. The second kappa shape index (κ2) is 8.47. The van der Waals surface area contributed by atoms with Crippen molar-refractivity contribution in [3.63, 3.8) is 0 Å². The fourth-order valence-electron chi connectivity index (χ4n) is 0.876. The normalized spacial score (nSPS) is 10.0. The number of carbonyl (C=O) groups excluding carboxylic acids is 1. The number of thiol groups is 1. The lowest BCUT2D eigenvalue weighted by Crippen LogP contribution is -1.86. The van der Waals surface area contributed by atoms with E-state index in [1.807, 2.05) is 11.8 Å². The standard InChI is InChI=1S/C8H16OS2/c1-11-7-5-3-2-4-6-8(9)10/h2-7H2,1H3,(H,9,10). The smallest absolute Gasteiger partial charge is 0.185 e. The van der Waals surface area contributed by atoms with Crippen molar-refractivity contribution in [1.29, 1.82) is 0 Å². The van der Waals surface area contributed by atoms with Crippen LogP contribution in [0.3, 0.4) is 0 Å². The highest BCUT2D eigenvalue weighted by molar-refractivity contribution is 7.98. The van der Waals surface area contributed by atoms with Crippen LogP contribution < -0.4 is 0 Å². The molecule has 0 aromatic rings. The molecule has 0 bridgehead atoms. The molecule has 0 atom stereocenters. The van der Waals surface area contributed by atoms with Gasteiger partial charge in [0.1, 0.15) is 0 Å². The molecule has 0 N–H and O–H groups in total. The quantitative estimate of drug-likeness (QED) is 0.493. The van der Waals surface area contributed by atoms with Crippen LogP contribution in [0.2, 0.25) is 0 Å². The molecule has 0 heterocycles. The minimum atomic E-state index is 0.0230. The van der Waals surface area contributed by atoms with Gasteiger partial charge in [0, 0.05) is 6.42 Å². The van der Waals surface area contributed by atoms with Gasteiger partial charge in [0.25, 0.3) is 0 Å². The van der Waals surface area contributed by atoms with Crippen molar-refractivity contribution in [3.8, 4) is 0 Å². The Morgan fingerprint density at radius 1 is 1.27 bits per heavy atom. The molecule has 0 aliphatic heterocycles. The van der Waals surface area contributed by atoms with Crippen LogP contribution in [0.15, 0.2) is 0 Å². The van der Waals surface area contributed by atoms with Gasteiger partial charge < -0.3 is 0 Å². The maximum atomic E-state index is 10.4. The van der Waals surface area contributed by atoms with Crippen LogP contribution in [0.4, 0.5) is 0 Å². The number of unbranched alkanes of at least 4 members (excludes halogenated alkanes) is 3. The Morgan fingerprint density at radius 3 is 2.45 bits per heavy atom. The largest absolute Gasteiger partial charge is 0.288 e. The number of hydrogen-bond donors (Lipinski definition) is 1. The molecular weight excluding hydrogens is 176 g/mol. The van der Waals surface area contributed by atoms with E-state index in [-0.39, 0.29) is 5.12 Å². The lowest BCUT2D eigenvalue weighted by Gasteiger charge is -1.97. The summed E-state index contributed by atoms with van der Waals surface area (Å²) in [6.45, 7) is 0. The second-order valence-electron chi connectivity index (χ2n) is 2.55. The lowest BCUT2D eigenvalue weighted by atomic mass is 10.2. The zero-order valence-electron chi connectivity index (χ0n) is 7.01. The first-order valence-corrected chi connectivity index (χ1v) is 5.82. The minimum absolute atomic E-state index is 0.0230.